The van der Waals surface area contributed by atoms with Crippen molar-refractivity contribution in [3.8, 4) is 0 Å². The summed E-state index contributed by atoms with van der Waals surface area (Å²) >= 11 is 3.55. The smallest absolute Gasteiger partial charge is 0.113 e. The number of hydrogen-bond acceptors (Lipinski definition) is 1. The molecule has 0 N–H and O–H groups in total. The molecule has 1 rings (SSSR count). The lowest BCUT2D eigenvalue weighted by Crippen LogP contribution is -1.90. The molecule has 0 spiro atoms. The first-order valence-electron chi connectivity index (χ1n) is 6.59. The number of pyridine rings is 1. The average molecular weight is 296 g/mol. The molecule has 0 aromatic carbocycles. The topological polar surface area (TPSA) is 12.9 Å². The van der Waals surface area contributed by atoms with Gasteiger partial charge < -0.3 is 0 Å². The first kappa shape index (κ1) is 14.4. The van der Waals surface area contributed by atoms with Gasteiger partial charge in [0.1, 0.15) is 4.60 Å². The molecule has 1 nitrogen and oxygen atoms in total. The Morgan fingerprint density at radius 1 is 1.29 bits per heavy atom. The van der Waals surface area contributed by atoms with Crippen LogP contribution in [-0.4, -0.2) is 4.98 Å². The van der Waals surface area contributed by atoms with Crippen molar-refractivity contribution in [1.82, 2.24) is 4.98 Å². The second-order valence-corrected chi connectivity index (χ2v) is 5.07. The van der Waals surface area contributed by atoms with Crippen molar-refractivity contribution in [3.63, 3.8) is 0 Å². The SMILES string of the molecule is CCCC/C=C(\CCCC)c1cccnc1Br. The zero-order valence-corrected chi connectivity index (χ0v) is 12.5. The van der Waals surface area contributed by atoms with E-state index < -0.39 is 0 Å². The van der Waals surface area contributed by atoms with Gasteiger partial charge in [0.15, 0.2) is 0 Å². The highest BCUT2D eigenvalue weighted by molar-refractivity contribution is 9.10. The Kier molecular flexibility index (Phi) is 7.18. The van der Waals surface area contributed by atoms with Gasteiger partial charge in [-0.25, -0.2) is 4.98 Å². The average Bonchev–Trinajstić information content (AvgIpc) is 2.35. The lowest BCUT2D eigenvalue weighted by atomic mass is 10.00. The monoisotopic (exact) mass is 295 g/mol. The molecule has 0 fully saturated rings. The fourth-order valence-electron chi connectivity index (χ4n) is 1.82. The molecule has 0 atom stereocenters. The zero-order valence-electron chi connectivity index (χ0n) is 10.9. The molecule has 0 aliphatic carbocycles. The van der Waals surface area contributed by atoms with Gasteiger partial charge in [0.2, 0.25) is 0 Å². The molecule has 0 radical (unpaired) electrons. The zero-order chi connectivity index (χ0) is 12.5. The molecule has 1 aromatic heterocycles. The maximum atomic E-state index is 4.31. The molecule has 0 aliphatic rings. The van der Waals surface area contributed by atoms with Gasteiger partial charge in [-0.1, -0.05) is 45.3 Å². The number of halogens is 1. The van der Waals surface area contributed by atoms with Crippen LogP contribution in [0.3, 0.4) is 0 Å². The van der Waals surface area contributed by atoms with Crippen LogP contribution in [0, 0.1) is 0 Å². The molecule has 1 heterocycles. The van der Waals surface area contributed by atoms with E-state index in [4.69, 9.17) is 0 Å². The summed E-state index contributed by atoms with van der Waals surface area (Å²) in [4.78, 5) is 4.31. The van der Waals surface area contributed by atoms with Crippen LogP contribution in [0.2, 0.25) is 0 Å². The van der Waals surface area contributed by atoms with Crippen LogP contribution in [0.15, 0.2) is 29.0 Å². The van der Waals surface area contributed by atoms with Crippen LogP contribution in [0.1, 0.15) is 57.9 Å². The Labute approximate surface area is 113 Å². The predicted octanol–water partition coefficient (Wildman–Crippen LogP) is 5.61. The molecule has 0 bridgehead atoms. The van der Waals surface area contributed by atoms with Crippen LogP contribution >= 0.6 is 15.9 Å². The molecular formula is C15H22BrN. The van der Waals surface area contributed by atoms with E-state index in [2.05, 4.69) is 46.9 Å². The van der Waals surface area contributed by atoms with Gasteiger partial charge in [-0.15, -0.1) is 0 Å². The third-order valence-corrected chi connectivity index (χ3v) is 3.49. The maximum absolute atomic E-state index is 4.31. The Bertz CT molecular complexity index is 358. The predicted molar refractivity (Wildman–Crippen MR) is 79.0 cm³/mol. The molecule has 94 valence electrons. The first-order valence-corrected chi connectivity index (χ1v) is 7.38. The second-order valence-electron chi connectivity index (χ2n) is 4.32. The quantitative estimate of drug-likeness (QED) is 0.471. The lowest BCUT2D eigenvalue weighted by molar-refractivity contribution is 0.800. The van der Waals surface area contributed by atoms with E-state index in [0.717, 1.165) is 11.0 Å². The van der Waals surface area contributed by atoms with Crippen molar-refractivity contribution in [1.29, 1.82) is 0 Å². The summed E-state index contributed by atoms with van der Waals surface area (Å²) < 4.78 is 0.971. The van der Waals surface area contributed by atoms with Crippen molar-refractivity contribution in [2.24, 2.45) is 0 Å². The fourth-order valence-corrected chi connectivity index (χ4v) is 2.32. The summed E-state index contributed by atoms with van der Waals surface area (Å²) in [6.07, 6.45) is 11.6. The second kappa shape index (κ2) is 8.46. The van der Waals surface area contributed by atoms with E-state index in [1.807, 2.05) is 12.3 Å². The largest absolute Gasteiger partial charge is 0.249 e. The highest BCUT2D eigenvalue weighted by Gasteiger charge is 2.05. The van der Waals surface area contributed by atoms with E-state index in [-0.39, 0.29) is 0 Å². The van der Waals surface area contributed by atoms with Gasteiger partial charge in [-0.3, -0.25) is 0 Å². The van der Waals surface area contributed by atoms with E-state index in [0.29, 0.717) is 0 Å². The highest BCUT2D eigenvalue weighted by atomic mass is 79.9. The number of allylic oxidation sites excluding steroid dienone is 2. The number of hydrogen-bond donors (Lipinski definition) is 0. The van der Waals surface area contributed by atoms with Crippen molar-refractivity contribution >= 4 is 21.5 Å². The van der Waals surface area contributed by atoms with Crippen molar-refractivity contribution in [3.05, 3.63) is 34.6 Å². The van der Waals surface area contributed by atoms with Gasteiger partial charge in [0.05, 0.1) is 0 Å². The molecule has 0 saturated heterocycles. The van der Waals surface area contributed by atoms with E-state index in [1.54, 1.807) is 0 Å². The summed E-state index contributed by atoms with van der Waals surface area (Å²) in [7, 11) is 0. The summed E-state index contributed by atoms with van der Waals surface area (Å²) in [6, 6.07) is 4.17. The van der Waals surface area contributed by atoms with Gasteiger partial charge >= 0.3 is 0 Å². The Morgan fingerprint density at radius 2 is 2.06 bits per heavy atom. The molecule has 0 saturated carbocycles. The Morgan fingerprint density at radius 3 is 2.71 bits per heavy atom. The highest BCUT2D eigenvalue weighted by Crippen LogP contribution is 2.27. The van der Waals surface area contributed by atoms with Gasteiger partial charge in [0.25, 0.3) is 0 Å². The third kappa shape index (κ3) is 5.03. The van der Waals surface area contributed by atoms with Crippen LogP contribution < -0.4 is 0 Å². The minimum Gasteiger partial charge on any atom is -0.249 e. The maximum Gasteiger partial charge on any atom is 0.113 e. The van der Waals surface area contributed by atoms with Gasteiger partial charge in [-0.2, -0.15) is 0 Å². The molecule has 0 unspecified atom stereocenters. The summed E-state index contributed by atoms with van der Waals surface area (Å²) in [6.45, 7) is 4.47. The summed E-state index contributed by atoms with van der Waals surface area (Å²) in [5, 5.41) is 0. The molecule has 0 aliphatic heterocycles. The van der Waals surface area contributed by atoms with Crippen molar-refractivity contribution in [2.75, 3.05) is 0 Å². The standard InChI is InChI=1S/C15H22BrN/c1-3-5-7-10-13(9-6-4-2)14-11-8-12-17-15(14)16/h8,10-12H,3-7,9H2,1-2H3/b13-10+. The van der Waals surface area contributed by atoms with Gasteiger partial charge in [-0.05, 0) is 46.8 Å². The number of aromatic nitrogens is 1. The summed E-state index contributed by atoms with van der Waals surface area (Å²) in [5.41, 5.74) is 2.71. The van der Waals surface area contributed by atoms with Gasteiger partial charge in [0, 0.05) is 11.8 Å². The molecular weight excluding hydrogens is 274 g/mol. The first-order chi connectivity index (χ1) is 8.29. The number of rotatable bonds is 7. The van der Waals surface area contributed by atoms with E-state index in [1.165, 1.54) is 43.2 Å². The molecule has 0 amide bonds. The van der Waals surface area contributed by atoms with E-state index >= 15 is 0 Å². The number of nitrogens with zero attached hydrogens (tertiary/aromatic N) is 1. The van der Waals surface area contributed by atoms with Crippen molar-refractivity contribution < 1.29 is 0 Å². The van der Waals surface area contributed by atoms with Crippen LogP contribution in [0.5, 0.6) is 0 Å². The Balaban J connectivity index is 2.82. The Hall–Kier alpha value is -0.630. The van der Waals surface area contributed by atoms with Crippen LogP contribution in [-0.2, 0) is 0 Å². The van der Waals surface area contributed by atoms with Crippen LogP contribution in [0.4, 0.5) is 0 Å². The number of unbranched alkanes of at least 4 members (excludes halogenated alkanes) is 3. The molecule has 1 aromatic rings. The normalized spacial score (nSPS) is 11.8. The third-order valence-electron chi connectivity index (χ3n) is 2.85. The fraction of sp³-hybridized carbons (Fsp3) is 0.533. The van der Waals surface area contributed by atoms with Crippen molar-refractivity contribution in [2.45, 2.75) is 52.4 Å². The minimum absolute atomic E-state index is 0.971. The lowest BCUT2D eigenvalue weighted by Gasteiger charge is -2.09. The summed E-state index contributed by atoms with van der Waals surface area (Å²) in [5.74, 6) is 0. The molecule has 17 heavy (non-hydrogen) atoms. The van der Waals surface area contributed by atoms with E-state index in [9.17, 15) is 0 Å². The minimum atomic E-state index is 0.971. The molecule has 2 heteroatoms. The van der Waals surface area contributed by atoms with Crippen LogP contribution in [0.25, 0.3) is 5.57 Å².